The fourth-order valence-electron chi connectivity index (χ4n) is 4.49. The molecule has 2 aromatic heterocycles. The van der Waals surface area contributed by atoms with E-state index in [1.54, 1.807) is 7.11 Å². The highest BCUT2D eigenvalue weighted by atomic mass is 32.1. The summed E-state index contributed by atoms with van der Waals surface area (Å²) in [6.07, 6.45) is -0.393. The number of methoxy groups -OCH3 is 1. The van der Waals surface area contributed by atoms with Gasteiger partial charge in [-0.1, -0.05) is 42.5 Å². The lowest BCUT2D eigenvalue weighted by atomic mass is 10.0. The Hall–Kier alpha value is -3.75. The number of aryl methyl sites for hydroxylation is 1. The first-order valence-electron chi connectivity index (χ1n) is 11.4. The molecule has 0 saturated heterocycles. The summed E-state index contributed by atoms with van der Waals surface area (Å²) in [4.78, 5) is 33.4. The molecule has 2 N–H and O–H groups in total. The highest BCUT2D eigenvalue weighted by Crippen LogP contribution is 2.44. The predicted molar refractivity (Wildman–Crippen MR) is 138 cm³/mol. The molecule has 0 bridgehead atoms. The number of ether oxygens (including phenoxy) is 1. The van der Waals surface area contributed by atoms with Crippen molar-refractivity contribution in [2.75, 3.05) is 17.7 Å². The van der Waals surface area contributed by atoms with E-state index in [1.807, 2.05) is 72.5 Å². The van der Waals surface area contributed by atoms with Gasteiger partial charge < -0.3 is 20.3 Å². The predicted octanol–water partition coefficient (Wildman–Crippen LogP) is 5.48. The Balaban J connectivity index is 1.62. The first kappa shape index (κ1) is 23.0. The van der Waals surface area contributed by atoms with Crippen molar-refractivity contribution in [3.8, 4) is 0 Å². The Morgan fingerprint density at radius 3 is 2.60 bits per heavy atom. The summed E-state index contributed by atoms with van der Waals surface area (Å²) in [6.45, 7) is 4.32. The van der Waals surface area contributed by atoms with Crippen LogP contribution in [0.25, 0.3) is 10.2 Å². The molecule has 8 heteroatoms. The third-order valence-electron chi connectivity index (χ3n) is 5.96. The third-order valence-corrected chi connectivity index (χ3v) is 7.03. The Kier molecular flexibility index (Phi) is 6.23. The average molecular weight is 487 g/mol. The average Bonchev–Trinajstić information content (AvgIpc) is 3.20. The number of nitrogens with one attached hydrogen (secondary N) is 2. The summed E-state index contributed by atoms with van der Waals surface area (Å²) < 4.78 is 5.45. The van der Waals surface area contributed by atoms with Crippen molar-refractivity contribution in [2.24, 2.45) is 0 Å². The molecule has 5 rings (SSSR count). The van der Waals surface area contributed by atoms with E-state index < -0.39 is 6.17 Å². The monoisotopic (exact) mass is 486 g/mol. The number of nitrogens with zero attached hydrogens (tertiary/aromatic N) is 2. The summed E-state index contributed by atoms with van der Waals surface area (Å²) >= 11 is 1.41. The van der Waals surface area contributed by atoms with E-state index in [2.05, 4.69) is 10.6 Å². The fourth-order valence-corrected chi connectivity index (χ4v) is 5.68. The first-order chi connectivity index (χ1) is 16.9. The molecule has 1 atom stereocenters. The summed E-state index contributed by atoms with van der Waals surface area (Å²) in [7, 11) is 1.67. The quantitative estimate of drug-likeness (QED) is 0.377. The zero-order valence-electron chi connectivity index (χ0n) is 19.8. The largest absolute Gasteiger partial charge is 0.380 e. The van der Waals surface area contributed by atoms with Crippen LogP contribution in [0.4, 0.5) is 11.4 Å². The lowest BCUT2D eigenvalue weighted by molar-refractivity contribution is -0.114. The minimum atomic E-state index is -0.393. The first-order valence-corrected chi connectivity index (χ1v) is 12.2. The number of carbonyl (C=O) groups is 2. The molecular weight excluding hydrogens is 460 g/mol. The second-order valence-electron chi connectivity index (χ2n) is 8.61. The number of rotatable bonds is 6. The number of pyridine rings is 1. The van der Waals surface area contributed by atoms with E-state index in [0.29, 0.717) is 23.7 Å². The van der Waals surface area contributed by atoms with Gasteiger partial charge in [-0.2, -0.15) is 0 Å². The molecule has 2 amide bonds. The van der Waals surface area contributed by atoms with Crippen LogP contribution in [0.5, 0.6) is 0 Å². The van der Waals surface area contributed by atoms with E-state index in [0.717, 1.165) is 38.3 Å². The molecule has 0 fully saturated rings. The van der Waals surface area contributed by atoms with Crippen molar-refractivity contribution >= 4 is 44.7 Å². The molecule has 0 saturated carbocycles. The lowest BCUT2D eigenvalue weighted by Gasteiger charge is -2.37. The number of fused-ring (bicyclic) bond motifs is 3. The smallest absolute Gasteiger partial charge is 0.268 e. The van der Waals surface area contributed by atoms with Crippen LogP contribution in [0, 0.1) is 6.92 Å². The maximum atomic E-state index is 13.9. The SMILES string of the molecule is COCc1cc(C)nc2sc3c(c12)NC(c1ccc(NC(C)=O)cc1)N(Cc1ccccc1)C3=O. The van der Waals surface area contributed by atoms with Crippen LogP contribution in [-0.4, -0.2) is 28.8 Å². The van der Waals surface area contributed by atoms with Crippen molar-refractivity contribution in [1.29, 1.82) is 0 Å². The van der Waals surface area contributed by atoms with E-state index in [-0.39, 0.29) is 11.8 Å². The van der Waals surface area contributed by atoms with Crippen LogP contribution in [0.1, 0.15) is 45.1 Å². The number of amides is 2. The van der Waals surface area contributed by atoms with Crippen LogP contribution in [-0.2, 0) is 22.7 Å². The number of thiophene rings is 1. The zero-order chi connectivity index (χ0) is 24.5. The zero-order valence-corrected chi connectivity index (χ0v) is 20.6. The number of benzene rings is 2. The molecule has 35 heavy (non-hydrogen) atoms. The van der Waals surface area contributed by atoms with Gasteiger partial charge in [0.05, 0.1) is 12.3 Å². The Morgan fingerprint density at radius 1 is 1.17 bits per heavy atom. The third kappa shape index (κ3) is 4.50. The fraction of sp³-hybridized carbons (Fsp3) is 0.222. The van der Waals surface area contributed by atoms with Crippen molar-refractivity contribution in [2.45, 2.75) is 33.2 Å². The molecule has 0 spiro atoms. The molecule has 7 nitrogen and oxygen atoms in total. The molecule has 1 aliphatic rings. The van der Waals surface area contributed by atoms with Gasteiger partial charge in [0.2, 0.25) is 5.91 Å². The summed E-state index contributed by atoms with van der Waals surface area (Å²) in [5.74, 6) is -0.167. The molecule has 3 heterocycles. The number of carbonyl (C=O) groups excluding carboxylic acids is 2. The number of aromatic nitrogens is 1. The summed E-state index contributed by atoms with van der Waals surface area (Å²) in [5, 5.41) is 7.38. The van der Waals surface area contributed by atoms with Crippen molar-refractivity contribution in [1.82, 2.24) is 9.88 Å². The standard InChI is InChI=1S/C27H26N4O3S/c1-16-13-20(15-34-3)22-23-24(35-26(22)28-16)27(33)31(14-18-7-5-4-6-8-18)25(30-23)19-9-11-21(12-10-19)29-17(2)32/h4-13,25,30H,14-15H2,1-3H3,(H,29,32). The van der Waals surface area contributed by atoms with Crippen molar-refractivity contribution < 1.29 is 14.3 Å². The number of hydrogen-bond donors (Lipinski definition) is 2. The topological polar surface area (TPSA) is 83.6 Å². The summed E-state index contributed by atoms with van der Waals surface area (Å²) in [5.41, 5.74) is 5.37. The molecule has 1 aliphatic heterocycles. The van der Waals surface area contributed by atoms with Crippen LogP contribution in [0.15, 0.2) is 60.7 Å². The minimum absolute atomic E-state index is 0.0393. The van der Waals surface area contributed by atoms with E-state index in [1.165, 1.54) is 18.3 Å². The maximum Gasteiger partial charge on any atom is 0.268 e. The number of hydrogen-bond acceptors (Lipinski definition) is 6. The van der Waals surface area contributed by atoms with E-state index >= 15 is 0 Å². The van der Waals surface area contributed by atoms with Crippen LogP contribution < -0.4 is 10.6 Å². The molecule has 0 radical (unpaired) electrons. The van der Waals surface area contributed by atoms with Crippen LogP contribution in [0.3, 0.4) is 0 Å². The normalized spacial score (nSPS) is 15.1. The van der Waals surface area contributed by atoms with Gasteiger partial charge in [0.15, 0.2) is 0 Å². The second-order valence-corrected chi connectivity index (χ2v) is 9.61. The maximum absolute atomic E-state index is 13.9. The van der Waals surface area contributed by atoms with E-state index in [9.17, 15) is 9.59 Å². The lowest BCUT2D eigenvalue weighted by Crippen LogP contribution is -2.41. The van der Waals surface area contributed by atoms with Crippen LogP contribution >= 0.6 is 11.3 Å². The molecule has 2 aromatic carbocycles. The molecule has 1 unspecified atom stereocenters. The van der Waals surface area contributed by atoms with Gasteiger partial charge in [0, 0.05) is 37.3 Å². The van der Waals surface area contributed by atoms with Crippen molar-refractivity contribution in [3.05, 3.63) is 87.9 Å². The Labute approximate surface area is 207 Å². The summed E-state index contributed by atoms with van der Waals surface area (Å²) in [6, 6.07) is 19.5. The van der Waals surface area contributed by atoms with Gasteiger partial charge in [0.1, 0.15) is 15.9 Å². The van der Waals surface area contributed by atoms with Gasteiger partial charge in [-0.15, -0.1) is 11.3 Å². The van der Waals surface area contributed by atoms with Gasteiger partial charge in [-0.3, -0.25) is 9.59 Å². The minimum Gasteiger partial charge on any atom is -0.380 e. The van der Waals surface area contributed by atoms with Gasteiger partial charge in [-0.05, 0) is 41.8 Å². The van der Waals surface area contributed by atoms with Gasteiger partial charge in [-0.25, -0.2) is 4.98 Å². The Morgan fingerprint density at radius 2 is 1.91 bits per heavy atom. The Bertz CT molecular complexity index is 1400. The molecule has 0 aliphatic carbocycles. The van der Waals surface area contributed by atoms with Gasteiger partial charge >= 0.3 is 0 Å². The molecular formula is C27H26N4O3S. The second kappa shape index (κ2) is 9.48. The van der Waals surface area contributed by atoms with Crippen molar-refractivity contribution in [3.63, 3.8) is 0 Å². The van der Waals surface area contributed by atoms with Gasteiger partial charge in [0.25, 0.3) is 5.91 Å². The van der Waals surface area contributed by atoms with E-state index in [4.69, 9.17) is 9.72 Å². The highest BCUT2D eigenvalue weighted by molar-refractivity contribution is 7.21. The number of anilines is 2. The molecule has 4 aromatic rings. The highest BCUT2D eigenvalue weighted by Gasteiger charge is 2.36. The molecule has 178 valence electrons. The van der Waals surface area contributed by atoms with Crippen LogP contribution in [0.2, 0.25) is 0 Å².